The van der Waals surface area contributed by atoms with Gasteiger partial charge in [-0.2, -0.15) is 0 Å². The van der Waals surface area contributed by atoms with Gasteiger partial charge in [0, 0.05) is 29.3 Å². The van der Waals surface area contributed by atoms with Crippen molar-refractivity contribution in [1.29, 1.82) is 0 Å². The van der Waals surface area contributed by atoms with E-state index in [0.29, 0.717) is 45.7 Å². The third-order valence-corrected chi connectivity index (χ3v) is 8.42. The summed E-state index contributed by atoms with van der Waals surface area (Å²) >= 11 is 1.68. The maximum atomic E-state index is 13.9. The van der Waals surface area contributed by atoms with E-state index in [1.807, 2.05) is 82.6 Å². The Hall–Kier alpha value is -3.59. The molecule has 7 nitrogen and oxygen atoms in total. The van der Waals surface area contributed by atoms with Gasteiger partial charge in [-0.25, -0.2) is 0 Å². The molecule has 3 aromatic carbocycles. The SMILES string of the molecule is O=C(CN1CCOC2(C/C=C/Cc3ccccc3OCCNC2=O)C1)N1c2ccccc2Sc2ccccc21. The molecule has 0 radical (unpaired) electrons. The molecule has 3 aliphatic rings. The molecule has 0 aliphatic carbocycles. The van der Waals surface area contributed by atoms with Gasteiger partial charge in [0.05, 0.1) is 31.1 Å². The highest BCUT2D eigenvalue weighted by atomic mass is 32.2. The molecule has 3 aromatic rings. The number of carbonyl (C=O) groups is 2. The van der Waals surface area contributed by atoms with E-state index >= 15 is 0 Å². The number of ether oxygens (including phenoxy) is 2. The molecule has 1 spiro atoms. The minimum absolute atomic E-state index is 0.0265. The molecule has 39 heavy (non-hydrogen) atoms. The lowest BCUT2D eigenvalue weighted by atomic mass is 9.94. The zero-order valence-electron chi connectivity index (χ0n) is 21.7. The zero-order chi connectivity index (χ0) is 26.7. The van der Waals surface area contributed by atoms with Crippen LogP contribution in [0.25, 0.3) is 0 Å². The fraction of sp³-hybridized carbons (Fsp3) is 0.290. The number of nitrogens with one attached hydrogen (secondary N) is 1. The Labute approximate surface area is 232 Å². The van der Waals surface area contributed by atoms with Crippen molar-refractivity contribution in [3.8, 4) is 5.75 Å². The van der Waals surface area contributed by atoms with Crippen molar-refractivity contribution in [2.75, 3.05) is 44.3 Å². The van der Waals surface area contributed by atoms with Crippen molar-refractivity contribution in [3.63, 3.8) is 0 Å². The second kappa shape index (κ2) is 11.3. The quantitative estimate of drug-likeness (QED) is 0.479. The van der Waals surface area contributed by atoms with Gasteiger partial charge in [-0.15, -0.1) is 0 Å². The number of nitrogens with zero attached hydrogens (tertiary/aromatic N) is 2. The lowest BCUT2D eigenvalue weighted by Gasteiger charge is -2.41. The van der Waals surface area contributed by atoms with Gasteiger partial charge in [-0.1, -0.05) is 66.4 Å². The molecule has 0 saturated carbocycles. The predicted molar refractivity (Wildman–Crippen MR) is 152 cm³/mol. The van der Waals surface area contributed by atoms with Gasteiger partial charge >= 0.3 is 0 Å². The van der Waals surface area contributed by atoms with Crippen molar-refractivity contribution >= 4 is 35.0 Å². The lowest BCUT2D eigenvalue weighted by molar-refractivity contribution is -0.160. The number of para-hydroxylation sites is 3. The summed E-state index contributed by atoms with van der Waals surface area (Å²) in [6.07, 6.45) is 5.21. The molecule has 6 rings (SSSR count). The van der Waals surface area contributed by atoms with Gasteiger partial charge in [-0.05, 0) is 42.3 Å². The maximum Gasteiger partial charge on any atom is 0.254 e. The summed E-state index contributed by atoms with van der Waals surface area (Å²) in [5.74, 6) is 0.637. The number of amides is 2. The van der Waals surface area contributed by atoms with Crippen molar-refractivity contribution in [2.45, 2.75) is 28.2 Å². The minimum atomic E-state index is -1.07. The molecule has 0 bridgehead atoms. The van der Waals surface area contributed by atoms with Gasteiger partial charge in [0.15, 0.2) is 5.60 Å². The summed E-state index contributed by atoms with van der Waals surface area (Å²) in [4.78, 5) is 33.3. The average Bonchev–Trinajstić information content (AvgIpc) is 2.96. The van der Waals surface area contributed by atoms with Crippen LogP contribution in [0.5, 0.6) is 5.75 Å². The molecule has 1 atom stereocenters. The highest BCUT2D eigenvalue weighted by Crippen LogP contribution is 2.48. The van der Waals surface area contributed by atoms with Crippen LogP contribution in [0.15, 0.2) is 94.7 Å². The van der Waals surface area contributed by atoms with E-state index in [-0.39, 0.29) is 18.4 Å². The first-order valence-corrected chi connectivity index (χ1v) is 14.1. The summed E-state index contributed by atoms with van der Waals surface area (Å²) in [7, 11) is 0. The molecule has 8 heteroatoms. The summed E-state index contributed by atoms with van der Waals surface area (Å²) in [6, 6.07) is 23.9. The van der Waals surface area contributed by atoms with Crippen LogP contribution in [0.1, 0.15) is 12.0 Å². The highest BCUT2D eigenvalue weighted by Gasteiger charge is 2.43. The van der Waals surface area contributed by atoms with Gasteiger partial charge in [0.25, 0.3) is 5.91 Å². The average molecular weight is 542 g/mol. The van der Waals surface area contributed by atoms with Crippen LogP contribution in [0.2, 0.25) is 0 Å². The number of rotatable bonds is 2. The van der Waals surface area contributed by atoms with E-state index in [1.165, 1.54) is 0 Å². The Bertz CT molecular complexity index is 1360. The van der Waals surface area contributed by atoms with Gasteiger partial charge in [0.1, 0.15) is 12.4 Å². The van der Waals surface area contributed by atoms with Crippen LogP contribution in [0.3, 0.4) is 0 Å². The van der Waals surface area contributed by atoms with Crippen molar-refractivity contribution in [2.24, 2.45) is 0 Å². The Morgan fingerprint density at radius 2 is 1.64 bits per heavy atom. The molecule has 0 aromatic heterocycles. The number of carbonyl (C=O) groups excluding carboxylic acids is 2. The number of hydrogen-bond donors (Lipinski definition) is 1. The number of morpholine rings is 1. The van der Waals surface area contributed by atoms with E-state index in [1.54, 1.807) is 11.8 Å². The van der Waals surface area contributed by atoms with Crippen LogP contribution < -0.4 is 15.0 Å². The number of benzene rings is 3. The standard InChI is InChI=1S/C31H31N3O4S/c35-29(34-24-11-2-5-14-27(24)39-28-15-6-3-12-25(28)34)21-33-18-20-38-31(22-33)16-8-7-10-23-9-1-4-13-26(23)37-19-17-32-30(31)36/h1-9,11-15H,10,16-22H2,(H,32,36)/b8-7+. The Morgan fingerprint density at radius 3 is 2.44 bits per heavy atom. The highest BCUT2D eigenvalue weighted by molar-refractivity contribution is 7.99. The van der Waals surface area contributed by atoms with Crippen molar-refractivity contribution in [3.05, 3.63) is 90.5 Å². The largest absolute Gasteiger partial charge is 0.491 e. The number of anilines is 2. The van der Waals surface area contributed by atoms with Gasteiger partial charge in [0.2, 0.25) is 5.91 Å². The van der Waals surface area contributed by atoms with E-state index in [2.05, 4.69) is 17.5 Å². The Morgan fingerprint density at radius 1 is 0.923 bits per heavy atom. The van der Waals surface area contributed by atoms with Crippen LogP contribution >= 0.6 is 11.8 Å². The normalized spacial score (nSPS) is 22.3. The molecular formula is C31H31N3O4S. The van der Waals surface area contributed by atoms with E-state index in [9.17, 15) is 9.59 Å². The Kier molecular flexibility index (Phi) is 7.41. The first-order valence-electron chi connectivity index (χ1n) is 13.3. The van der Waals surface area contributed by atoms with Crippen molar-refractivity contribution < 1.29 is 19.1 Å². The summed E-state index contributed by atoms with van der Waals surface area (Å²) < 4.78 is 12.1. The zero-order valence-corrected chi connectivity index (χ0v) is 22.5. The van der Waals surface area contributed by atoms with Crippen LogP contribution in [0, 0.1) is 0 Å². The smallest absolute Gasteiger partial charge is 0.254 e. The first kappa shape index (κ1) is 25.7. The topological polar surface area (TPSA) is 71.1 Å². The second-order valence-corrected chi connectivity index (χ2v) is 11.0. The van der Waals surface area contributed by atoms with E-state index < -0.39 is 5.60 Å². The van der Waals surface area contributed by atoms with E-state index in [0.717, 1.165) is 32.5 Å². The molecule has 200 valence electrons. The first-order chi connectivity index (χ1) is 19.1. The monoisotopic (exact) mass is 541 g/mol. The summed E-state index contributed by atoms with van der Waals surface area (Å²) in [5.41, 5.74) is 1.82. The molecule has 1 saturated heterocycles. The fourth-order valence-electron chi connectivity index (χ4n) is 5.36. The third-order valence-electron chi connectivity index (χ3n) is 7.29. The molecule has 3 aliphatic heterocycles. The minimum Gasteiger partial charge on any atom is -0.491 e. The van der Waals surface area contributed by atoms with Crippen LogP contribution in [-0.2, 0) is 20.7 Å². The van der Waals surface area contributed by atoms with Crippen molar-refractivity contribution in [1.82, 2.24) is 10.2 Å². The van der Waals surface area contributed by atoms with Crippen LogP contribution in [0.4, 0.5) is 11.4 Å². The second-order valence-electron chi connectivity index (χ2n) is 9.91. The molecule has 1 N–H and O–H groups in total. The Balaban J connectivity index is 1.22. The third kappa shape index (κ3) is 5.32. The fourth-order valence-corrected chi connectivity index (χ4v) is 6.42. The summed E-state index contributed by atoms with van der Waals surface area (Å²) in [5, 5.41) is 3.01. The molecule has 2 amide bonds. The van der Waals surface area contributed by atoms with Gasteiger partial charge < -0.3 is 14.8 Å². The maximum absolute atomic E-state index is 13.9. The molecular weight excluding hydrogens is 510 g/mol. The lowest BCUT2D eigenvalue weighted by Crippen LogP contribution is -2.61. The molecule has 3 heterocycles. The molecule has 1 unspecified atom stereocenters. The number of fused-ring (bicyclic) bond motifs is 3. The number of allylic oxidation sites excluding steroid dienone is 1. The number of hydrogen-bond acceptors (Lipinski definition) is 6. The predicted octanol–water partition coefficient (Wildman–Crippen LogP) is 4.58. The van der Waals surface area contributed by atoms with Crippen LogP contribution in [-0.4, -0.2) is 61.7 Å². The summed E-state index contributed by atoms with van der Waals surface area (Å²) in [6.45, 7) is 2.21. The van der Waals surface area contributed by atoms with E-state index in [4.69, 9.17) is 9.47 Å². The van der Waals surface area contributed by atoms with Gasteiger partial charge in [-0.3, -0.25) is 19.4 Å². The molecule has 1 fully saturated rings.